The largest absolute Gasteiger partial charge is 0.480 e. The van der Waals surface area contributed by atoms with Gasteiger partial charge in [-0.1, -0.05) is 11.6 Å². The summed E-state index contributed by atoms with van der Waals surface area (Å²) in [6.45, 7) is 0.525. The van der Waals surface area contributed by atoms with E-state index in [0.717, 1.165) is 0 Å². The first-order chi connectivity index (χ1) is 10.1. The lowest BCUT2D eigenvalue weighted by atomic mass is 10.1. The highest BCUT2D eigenvalue weighted by atomic mass is 35.5. The van der Waals surface area contributed by atoms with E-state index in [1.54, 1.807) is 0 Å². The first-order valence-electron chi connectivity index (χ1n) is 6.28. The normalized spacial score (nSPS) is 20.4. The Bertz CT molecular complexity index is 605. The van der Waals surface area contributed by atoms with Crippen molar-refractivity contribution in [3.05, 3.63) is 22.7 Å². The van der Waals surface area contributed by atoms with Crippen LogP contribution in [0.5, 0.6) is 11.5 Å². The van der Waals surface area contributed by atoms with Gasteiger partial charge in [-0.3, -0.25) is 4.79 Å². The molecule has 2 heterocycles. The average Bonchev–Trinajstić information content (AvgIpc) is 2.95. The monoisotopic (exact) mass is 313 g/mol. The fourth-order valence-electron chi connectivity index (χ4n) is 2.31. The Morgan fingerprint density at radius 1 is 1.33 bits per heavy atom. The molecule has 1 aromatic rings. The van der Waals surface area contributed by atoms with Crippen molar-refractivity contribution in [2.75, 3.05) is 26.6 Å². The van der Waals surface area contributed by atoms with E-state index in [1.165, 1.54) is 17.0 Å². The van der Waals surface area contributed by atoms with E-state index in [0.29, 0.717) is 18.1 Å². The molecule has 1 N–H and O–H groups in total. The maximum absolute atomic E-state index is 12.5. The number of benzene rings is 1. The van der Waals surface area contributed by atoms with Crippen molar-refractivity contribution in [3.63, 3.8) is 0 Å². The third-order valence-electron chi connectivity index (χ3n) is 3.35. The molecule has 0 spiro atoms. The van der Waals surface area contributed by atoms with Crippen LogP contribution in [0.15, 0.2) is 12.1 Å². The number of hydrogen-bond acceptors (Lipinski definition) is 5. The Morgan fingerprint density at radius 3 is 2.90 bits per heavy atom. The summed E-state index contributed by atoms with van der Waals surface area (Å²) in [4.78, 5) is 25.0. The van der Waals surface area contributed by atoms with Crippen LogP contribution in [-0.2, 0) is 9.53 Å². The smallest absolute Gasteiger partial charge is 0.328 e. The standard InChI is InChI=1S/C13H12ClNO6/c14-8-3-7(4-10-11(8)21-6-20-10)12(16)15-1-2-19-5-9(15)13(17)18/h3-4,9H,1-2,5-6H2,(H,17,18). The molecule has 1 aromatic carbocycles. The van der Waals surface area contributed by atoms with Crippen LogP contribution in [0.2, 0.25) is 5.02 Å². The molecule has 7 nitrogen and oxygen atoms in total. The molecule has 1 saturated heterocycles. The number of hydrogen-bond donors (Lipinski definition) is 1. The molecule has 21 heavy (non-hydrogen) atoms. The highest BCUT2D eigenvalue weighted by Gasteiger charge is 2.34. The molecule has 0 bridgehead atoms. The van der Waals surface area contributed by atoms with E-state index in [-0.39, 0.29) is 30.5 Å². The van der Waals surface area contributed by atoms with E-state index < -0.39 is 17.9 Å². The van der Waals surface area contributed by atoms with Gasteiger partial charge >= 0.3 is 5.97 Å². The Balaban J connectivity index is 1.91. The lowest BCUT2D eigenvalue weighted by Crippen LogP contribution is -2.52. The van der Waals surface area contributed by atoms with Crippen molar-refractivity contribution < 1.29 is 28.9 Å². The molecule has 8 heteroatoms. The van der Waals surface area contributed by atoms with Crippen LogP contribution in [0.25, 0.3) is 0 Å². The summed E-state index contributed by atoms with van der Waals surface area (Å²) >= 11 is 6.04. The van der Waals surface area contributed by atoms with Crippen molar-refractivity contribution in [3.8, 4) is 11.5 Å². The van der Waals surface area contributed by atoms with Crippen LogP contribution in [0.1, 0.15) is 10.4 Å². The fourth-order valence-corrected chi connectivity index (χ4v) is 2.57. The van der Waals surface area contributed by atoms with Crippen molar-refractivity contribution in [1.29, 1.82) is 0 Å². The summed E-state index contributed by atoms with van der Waals surface area (Å²) in [5, 5.41) is 9.43. The van der Waals surface area contributed by atoms with Gasteiger partial charge in [0.1, 0.15) is 0 Å². The molecule has 0 saturated carbocycles. The Morgan fingerprint density at radius 2 is 2.14 bits per heavy atom. The van der Waals surface area contributed by atoms with Crippen LogP contribution < -0.4 is 9.47 Å². The number of amides is 1. The molecular weight excluding hydrogens is 302 g/mol. The summed E-state index contributed by atoms with van der Waals surface area (Å²) in [7, 11) is 0. The third kappa shape index (κ3) is 2.50. The quantitative estimate of drug-likeness (QED) is 0.876. The molecule has 0 aromatic heterocycles. The van der Waals surface area contributed by atoms with Gasteiger partial charge in [0.05, 0.1) is 18.2 Å². The van der Waals surface area contributed by atoms with E-state index in [2.05, 4.69) is 0 Å². The number of carbonyl (C=O) groups is 2. The number of nitrogens with zero attached hydrogens (tertiary/aromatic N) is 1. The van der Waals surface area contributed by atoms with E-state index in [1.807, 2.05) is 0 Å². The predicted molar refractivity (Wildman–Crippen MR) is 70.9 cm³/mol. The molecule has 3 rings (SSSR count). The van der Waals surface area contributed by atoms with Crippen LogP contribution >= 0.6 is 11.6 Å². The molecular formula is C13H12ClNO6. The summed E-state index contributed by atoms with van der Waals surface area (Å²) in [5.74, 6) is -0.753. The van der Waals surface area contributed by atoms with Gasteiger partial charge in [-0.05, 0) is 12.1 Å². The van der Waals surface area contributed by atoms with E-state index in [9.17, 15) is 9.59 Å². The summed E-state index contributed by atoms with van der Waals surface area (Å²) in [6, 6.07) is 1.95. The van der Waals surface area contributed by atoms with Gasteiger partial charge in [0.25, 0.3) is 5.91 Å². The number of rotatable bonds is 2. The van der Waals surface area contributed by atoms with Crippen LogP contribution in [0.4, 0.5) is 0 Å². The minimum absolute atomic E-state index is 0.0284. The van der Waals surface area contributed by atoms with Crippen molar-refractivity contribution in [1.82, 2.24) is 4.90 Å². The SMILES string of the molecule is O=C(O)C1COCCN1C(=O)c1cc(Cl)c2c(c1)OCO2. The number of morpholine rings is 1. The minimum atomic E-state index is -1.10. The molecule has 1 amide bonds. The summed E-state index contributed by atoms with van der Waals surface area (Å²) < 4.78 is 15.5. The molecule has 1 unspecified atom stereocenters. The van der Waals surface area contributed by atoms with Gasteiger partial charge in [0.2, 0.25) is 6.79 Å². The number of fused-ring (bicyclic) bond motifs is 1. The number of carbonyl (C=O) groups excluding carboxylic acids is 1. The maximum Gasteiger partial charge on any atom is 0.328 e. The van der Waals surface area contributed by atoms with Crippen molar-refractivity contribution >= 4 is 23.5 Å². The number of halogens is 1. The van der Waals surface area contributed by atoms with E-state index >= 15 is 0 Å². The first kappa shape index (κ1) is 14.0. The fraction of sp³-hybridized carbons (Fsp3) is 0.385. The summed E-state index contributed by atoms with van der Waals surface area (Å²) in [6.07, 6.45) is 0. The van der Waals surface area contributed by atoms with Gasteiger partial charge in [-0.25, -0.2) is 4.79 Å². The Labute approximate surface area is 124 Å². The summed E-state index contributed by atoms with van der Waals surface area (Å²) in [5.41, 5.74) is 0.261. The van der Waals surface area contributed by atoms with Gasteiger partial charge in [0.15, 0.2) is 17.5 Å². The van der Waals surface area contributed by atoms with Crippen molar-refractivity contribution in [2.24, 2.45) is 0 Å². The van der Waals surface area contributed by atoms with E-state index in [4.69, 9.17) is 30.9 Å². The number of carboxylic acid groups (broad SMARTS) is 1. The van der Waals surface area contributed by atoms with Crippen LogP contribution in [0.3, 0.4) is 0 Å². The zero-order valence-electron chi connectivity index (χ0n) is 10.9. The predicted octanol–water partition coefficient (Wildman–Crippen LogP) is 0.994. The second kappa shape index (κ2) is 5.42. The molecule has 0 aliphatic carbocycles. The van der Waals surface area contributed by atoms with Gasteiger partial charge < -0.3 is 24.2 Å². The van der Waals surface area contributed by atoms with Crippen LogP contribution in [-0.4, -0.2) is 54.5 Å². The number of ether oxygens (including phenoxy) is 3. The lowest BCUT2D eigenvalue weighted by molar-refractivity contribution is -0.147. The Kier molecular flexibility index (Phi) is 3.60. The van der Waals surface area contributed by atoms with Crippen molar-refractivity contribution in [2.45, 2.75) is 6.04 Å². The highest BCUT2D eigenvalue weighted by molar-refractivity contribution is 6.32. The first-order valence-corrected chi connectivity index (χ1v) is 6.66. The maximum atomic E-state index is 12.5. The lowest BCUT2D eigenvalue weighted by Gasteiger charge is -2.32. The second-order valence-electron chi connectivity index (χ2n) is 4.62. The minimum Gasteiger partial charge on any atom is -0.480 e. The number of aliphatic carboxylic acids is 1. The van der Waals surface area contributed by atoms with Gasteiger partial charge in [-0.2, -0.15) is 0 Å². The molecule has 2 aliphatic rings. The highest BCUT2D eigenvalue weighted by Crippen LogP contribution is 2.40. The van der Waals surface area contributed by atoms with Crippen LogP contribution in [0, 0.1) is 0 Å². The van der Waals surface area contributed by atoms with Gasteiger partial charge in [-0.15, -0.1) is 0 Å². The van der Waals surface area contributed by atoms with Gasteiger partial charge in [0, 0.05) is 12.1 Å². The second-order valence-corrected chi connectivity index (χ2v) is 5.03. The molecule has 1 atom stereocenters. The molecule has 2 aliphatic heterocycles. The topological polar surface area (TPSA) is 85.3 Å². The zero-order valence-corrected chi connectivity index (χ0v) is 11.6. The number of carboxylic acids is 1. The zero-order chi connectivity index (χ0) is 15.0. The molecule has 0 radical (unpaired) electrons. The Hall–Kier alpha value is -1.99. The molecule has 112 valence electrons. The molecule has 1 fully saturated rings. The third-order valence-corrected chi connectivity index (χ3v) is 3.63. The average molecular weight is 314 g/mol.